The Morgan fingerprint density at radius 2 is 1.95 bits per heavy atom. The van der Waals surface area contributed by atoms with Crippen LogP contribution in [0, 0.1) is 0 Å². The molecule has 0 radical (unpaired) electrons. The molecule has 1 aromatic carbocycles. The zero-order valence-electron chi connectivity index (χ0n) is 11.2. The number of benzene rings is 1. The van der Waals surface area contributed by atoms with Crippen LogP contribution in [0.25, 0.3) is 0 Å². The lowest BCUT2D eigenvalue weighted by Crippen LogP contribution is -2.33. The molecule has 0 fully saturated rings. The van der Waals surface area contributed by atoms with E-state index in [4.69, 9.17) is 11.6 Å². The van der Waals surface area contributed by atoms with Crippen molar-refractivity contribution in [1.29, 1.82) is 0 Å². The monoisotopic (exact) mass is 321 g/mol. The van der Waals surface area contributed by atoms with Gasteiger partial charge in [0.1, 0.15) is 9.84 Å². The molecule has 0 aliphatic carbocycles. The van der Waals surface area contributed by atoms with Crippen LogP contribution < -0.4 is 5.32 Å². The van der Waals surface area contributed by atoms with Crippen molar-refractivity contribution >= 4 is 33.2 Å². The molecular formula is C13H20ClNO2S2. The molecule has 0 aliphatic rings. The first-order valence-corrected chi connectivity index (χ1v) is 9.62. The fourth-order valence-electron chi connectivity index (χ4n) is 1.62. The van der Waals surface area contributed by atoms with Gasteiger partial charge in [0.05, 0.1) is 5.75 Å². The molecule has 108 valence electrons. The maximum atomic E-state index is 11.2. The van der Waals surface area contributed by atoms with Crippen LogP contribution in [0.3, 0.4) is 0 Å². The van der Waals surface area contributed by atoms with Gasteiger partial charge in [-0.2, -0.15) is 0 Å². The van der Waals surface area contributed by atoms with Crippen LogP contribution in [0.4, 0.5) is 0 Å². The lowest BCUT2D eigenvalue weighted by atomic mass is 10.2. The average Bonchev–Trinajstić information content (AvgIpc) is 2.34. The molecule has 0 bridgehead atoms. The van der Waals surface area contributed by atoms with Crippen LogP contribution >= 0.6 is 23.4 Å². The molecule has 1 N–H and O–H groups in total. The standard InChI is InChI=1S/C13H20ClNO2S2/c1-3-15-12(8-9-19(2,16)17)10-18-13-6-4-11(14)5-7-13/h4-7,12,15H,3,8-10H2,1-2H3. The highest BCUT2D eigenvalue weighted by molar-refractivity contribution is 7.99. The van der Waals surface area contributed by atoms with Crippen molar-refractivity contribution in [1.82, 2.24) is 5.32 Å². The zero-order valence-corrected chi connectivity index (χ0v) is 13.6. The first-order chi connectivity index (χ1) is 8.90. The summed E-state index contributed by atoms with van der Waals surface area (Å²) in [6, 6.07) is 7.89. The fourth-order valence-corrected chi connectivity index (χ4v) is 3.46. The SMILES string of the molecule is CCNC(CCS(C)(=O)=O)CSc1ccc(Cl)cc1. The summed E-state index contributed by atoms with van der Waals surface area (Å²) in [6.07, 6.45) is 1.93. The molecule has 0 saturated carbocycles. The highest BCUT2D eigenvalue weighted by Crippen LogP contribution is 2.21. The van der Waals surface area contributed by atoms with E-state index in [1.165, 1.54) is 6.26 Å². The summed E-state index contributed by atoms with van der Waals surface area (Å²) in [6.45, 7) is 2.87. The topological polar surface area (TPSA) is 46.2 Å². The van der Waals surface area contributed by atoms with Crippen molar-refractivity contribution in [3.63, 3.8) is 0 Å². The Bertz CT molecular complexity index is 474. The van der Waals surface area contributed by atoms with Crippen LogP contribution in [0.2, 0.25) is 5.02 Å². The Morgan fingerprint density at radius 1 is 1.32 bits per heavy atom. The summed E-state index contributed by atoms with van der Waals surface area (Å²) in [7, 11) is -2.89. The van der Waals surface area contributed by atoms with E-state index in [0.29, 0.717) is 6.42 Å². The highest BCUT2D eigenvalue weighted by atomic mass is 35.5. The molecule has 1 aromatic rings. The number of sulfone groups is 1. The summed E-state index contributed by atoms with van der Waals surface area (Å²) >= 11 is 7.55. The van der Waals surface area contributed by atoms with Gasteiger partial charge >= 0.3 is 0 Å². The van der Waals surface area contributed by atoms with Crippen molar-refractivity contribution in [3.8, 4) is 0 Å². The minimum atomic E-state index is -2.89. The first kappa shape index (κ1) is 16.8. The van der Waals surface area contributed by atoms with E-state index in [1.807, 2.05) is 31.2 Å². The molecular weight excluding hydrogens is 302 g/mol. The summed E-state index contributed by atoms with van der Waals surface area (Å²) in [5, 5.41) is 4.05. The van der Waals surface area contributed by atoms with Gasteiger partial charge in [0, 0.05) is 28.0 Å². The van der Waals surface area contributed by atoms with Gasteiger partial charge in [-0.3, -0.25) is 0 Å². The number of hydrogen-bond donors (Lipinski definition) is 1. The third-order valence-corrected chi connectivity index (χ3v) is 5.00. The van der Waals surface area contributed by atoms with E-state index in [1.54, 1.807) is 11.8 Å². The number of rotatable bonds is 8. The van der Waals surface area contributed by atoms with Crippen molar-refractivity contribution in [3.05, 3.63) is 29.3 Å². The second kappa shape index (κ2) is 8.15. The average molecular weight is 322 g/mol. The van der Waals surface area contributed by atoms with Crippen LogP contribution in [0.15, 0.2) is 29.2 Å². The van der Waals surface area contributed by atoms with Gasteiger partial charge < -0.3 is 5.32 Å². The molecule has 1 unspecified atom stereocenters. The second-order valence-electron chi connectivity index (χ2n) is 4.44. The molecule has 0 spiro atoms. The van der Waals surface area contributed by atoms with Gasteiger partial charge in [0.2, 0.25) is 0 Å². The lowest BCUT2D eigenvalue weighted by molar-refractivity contribution is 0.548. The summed E-state index contributed by atoms with van der Waals surface area (Å²) in [5.41, 5.74) is 0. The number of thioether (sulfide) groups is 1. The lowest BCUT2D eigenvalue weighted by Gasteiger charge is -2.17. The van der Waals surface area contributed by atoms with Crippen molar-refractivity contribution < 1.29 is 8.42 Å². The number of halogens is 1. The van der Waals surface area contributed by atoms with Crippen LogP contribution in [0.5, 0.6) is 0 Å². The maximum absolute atomic E-state index is 11.2. The quantitative estimate of drug-likeness (QED) is 0.748. The third-order valence-electron chi connectivity index (χ3n) is 2.59. The molecule has 1 rings (SSSR count). The van der Waals surface area contributed by atoms with E-state index in [9.17, 15) is 8.42 Å². The number of nitrogens with one attached hydrogen (secondary N) is 1. The Labute approximate surface area is 125 Å². The summed E-state index contributed by atoms with van der Waals surface area (Å²) in [5.74, 6) is 1.08. The van der Waals surface area contributed by atoms with Gasteiger partial charge in [-0.25, -0.2) is 8.42 Å². The fraction of sp³-hybridized carbons (Fsp3) is 0.538. The van der Waals surface area contributed by atoms with E-state index >= 15 is 0 Å². The summed E-state index contributed by atoms with van der Waals surface area (Å²) in [4.78, 5) is 1.15. The van der Waals surface area contributed by atoms with Crippen molar-refractivity contribution in [2.24, 2.45) is 0 Å². The van der Waals surface area contributed by atoms with Crippen LogP contribution in [-0.2, 0) is 9.84 Å². The Morgan fingerprint density at radius 3 is 2.47 bits per heavy atom. The molecule has 0 aromatic heterocycles. The van der Waals surface area contributed by atoms with E-state index < -0.39 is 9.84 Å². The molecule has 19 heavy (non-hydrogen) atoms. The molecule has 0 amide bonds. The predicted molar refractivity (Wildman–Crippen MR) is 84.0 cm³/mol. The largest absolute Gasteiger partial charge is 0.313 e. The molecule has 6 heteroatoms. The third kappa shape index (κ3) is 7.82. The maximum Gasteiger partial charge on any atom is 0.147 e. The van der Waals surface area contributed by atoms with Crippen molar-refractivity contribution in [2.45, 2.75) is 24.3 Å². The molecule has 0 saturated heterocycles. The van der Waals surface area contributed by atoms with E-state index in [0.717, 1.165) is 22.2 Å². The zero-order chi connectivity index (χ0) is 14.3. The smallest absolute Gasteiger partial charge is 0.147 e. The minimum absolute atomic E-state index is 0.209. The van der Waals surface area contributed by atoms with Crippen LogP contribution in [-0.4, -0.2) is 38.8 Å². The molecule has 3 nitrogen and oxygen atoms in total. The van der Waals surface area contributed by atoms with Crippen molar-refractivity contribution in [2.75, 3.05) is 24.3 Å². The Balaban J connectivity index is 2.47. The van der Waals surface area contributed by atoms with Gasteiger partial charge in [-0.1, -0.05) is 18.5 Å². The van der Waals surface area contributed by atoms with E-state index in [-0.39, 0.29) is 11.8 Å². The second-order valence-corrected chi connectivity index (χ2v) is 8.23. The molecule has 0 heterocycles. The first-order valence-electron chi connectivity index (χ1n) is 6.20. The highest BCUT2D eigenvalue weighted by Gasteiger charge is 2.11. The Hall–Kier alpha value is -0.230. The normalized spacial score (nSPS) is 13.4. The molecule has 0 aliphatic heterocycles. The summed E-state index contributed by atoms with van der Waals surface area (Å²) < 4.78 is 22.4. The van der Waals surface area contributed by atoms with E-state index in [2.05, 4.69) is 5.32 Å². The van der Waals surface area contributed by atoms with Gasteiger partial charge in [0.15, 0.2) is 0 Å². The van der Waals surface area contributed by atoms with Gasteiger partial charge in [-0.15, -0.1) is 11.8 Å². The number of hydrogen-bond acceptors (Lipinski definition) is 4. The molecule has 1 atom stereocenters. The van der Waals surface area contributed by atoms with Gasteiger partial charge in [-0.05, 0) is 37.2 Å². The van der Waals surface area contributed by atoms with Crippen LogP contribution in [0.1, 0.15) is 13.3 Å². The predicted octanol–water partition coefficient (Wildman–Crippen LogP) is 2.84. The van der Waals surface area contributed by atoms with Gasteiger partial charge in [0.25, 0.3) is 0 Å². The Kier molecular flexibility index (Phi) is 7.21. The minimum Gasteiger partial charge on any atom is -0.313 e.